The Morgan fingerprint density at radius 1 is 0.957 bits per heavy atom. The maximum atomic E-state index is 12.5. The molecule has 0 aliphatic heterocycles. The lowest BCUT2D eigenvalue weighted by molar-refractivity contribution is 0.0940. The van der Waals surface area contributed by atoms with Crippen molar-refractivity contribution in [3.8, 4) is 0 Å². The molecule has 1 amide bonds. The second-order valence-electron chi connectivity index (χ2n) is 6.73. The van der Waals surface area contributed by atoms with E-state index in [1.165, 1.54) is 47.9 Å². The van der Waals surface area contributed by atoms with Crippen LogP contribution in [0.2, 0.25) is 0 Å². The van der Waals surface area contributed by atoms with Gasteiger partial charge in [-0.05, 0) is 86.4 Å². The topological polar surface area (TPSA) is 29.1 Å². The van der Waals surface area contributed by atoms with Gasteiger partial charge in [0.1, 0.15) is 0 Å². The molecule has 23 heavy (non-hydrogen) atoms. The third-order valence-corrected chi connectivity index (χ3v) is 4.99. The molecule has 120 valence electrons. The highest BCUT2D eigenvalue weighted by atomic mass is 16.1. The average Bonchev–Trinajstić information content (AvgIpc) is 2.56. The van der Waals surface area contributed by atoms with Crippen molar-refractivity contribution < 1.29 is 4.79 Å². The number of nitrogens with one attached hydrogen (secondary N) is 1. The minimum Gasteiger partial charge on any atom is -0.346 e. The van der Waals surface area contributed by atoms with Gasteiger partial charge < -0.3 is 5.32 Å². The van der Waals surface area contributed by atoms with Crippen molar-refractivity contribution in [1.29, 1.82) is 0 Å². The fraction of sp³-hybridized carbons (Fsp3) is 0.381. The Morgan fingerprint density at radius 3 is 2.43 bits per heavy atom. The van der Waals surface area contributed by atoms with Crippen LogP contribution in [0.25, 0.3) is 0 Å². The predicted molar refractivity (Wildman–Crippen MR) is 94.9 cm³/mol. The molecule has 0 radical (unpaired) electrons. The van der Waals surface area contributed by atoms with Gasteiger partial charge in [0, 0.05) is 5.56 Å². The smallest absolute Gasteiger partial charge is 0.251 e. The monoisotopic (exact) mass is 307 g/mol. The van der Waals surface area contributed by atoms with Gasteiger partial charge in [-0.15, -0.1) is 0 Å². The fourth-order valence-electron chi connectivity index (χ4n) is 3.27. The minimum atomic E-state index is -0.00155. The summed E-state index contributed by atoms with van der Waals surface area (Å²) < 4.78 is 0. The Bertz CT molecular complexity index is 733. The van der Waals surface area contributed by atoms with E-state index >= 15 is 0 Å². The maximum absolute atomic E-state index is 12.5. The van der Waals surface area contributed by atoms with E-state index < -0.39 is 0 Å². The predicted octanol–water partition coefficient (Wildman–Crippen LogP) is 4.67. The molecule has 1 unspecified atom stereocenters. The molecule has 3 rings (SSSR count). The van der Waals surface area contributed by atoms with E-state index in [-0.39, 0.29) is 11.9 Å². The van der Waals surface area contributed by atoms with Crippen molar-refractivity contribution in [3.05, 3.63) is 69.8 Å². The number of rotatable bonds is 3. The second kappa shape index (κ2) is 6.57. The molecule has 1 aliphatic carbocycles. The molecule has 1 aliphatic rings. The summed E-state index contributed by atoms with van der Waals surface area (Å²) in [5.41, 5.74) is 7.23. The molecule has 0 saturated heterocycles. The van der Waals surface area contributed by atoms with E-state index in [0.717, 1.165) is 11.1 Å². The lowest BCUT2D eigenvalue weighted by atomic mass is 9.89. The third kappa shape index (κ3) is 3.47. The molecule has 2 aromatic carbocycles. The number of benzene rings is 2. The van der Waals surface area contributed by atoms with E-state index in [9.17, 15) is 4.79 Å². The van der Waals surface area contributed by atoms with Gasteiger partial charge in [-0.2, -0.15) is 0 Å². The van der Waals surface area contributed by atoms with Crippen LogP contribution in [0.4, 0.5) is 0 Å². The summed E-state index contributed by atoms with van der Waals surface area (Å²) in [6.45, 7) is 6.16. The molecule has 1 N–H and O–H groups in total. The van der Waals surface area contributed by atoms with Crippen molar-refractivity contribution in [2.45, 2.75) is 52.5 Å². The number of hydrogen-bond acceptors (Lipinski definition) is 1. The Hall–Kier alpha value is -2.09. The third-order valence-electron chi connectivity index (χ3n) is 4.99. The highest BCUT2D eigenvalue weighted by Gasteiger charge is 2.15. The normalized spacial score (nSPS) is 14.9. The highest BCUT2D eigenvalue weighted by molar-refractivity contribution is 5.94. The average molecular weight is 307 g/mol. The highest BCUT2D eigenvalue weighted by Crippen LogP contribution is 2.25. The van der Waals surface area contributed by atoms with Gasteiger partial charge in [-0.25, -0.2) is 0 Å². The fourth-order valence-corrected chi connectivity index (χ4v) is 3.27. The van der Waals surface area contributed by atoms with Gasteiger partial charge in [0.05, 0.1) is 6.04 Å². The van der Waals surface area contributed by atoms with Crippen LogP contribution in [-0.4, -0.2) is 5.91 Å². The van der Waals surface area contributed by atoms with Crippen LogP contribution in [0.3, 0.4) is 0 Å². The first-order valence-electron chi connectivity index (χ1n) is 8.54. The summed E-state index contributed by atoms with van der Waals surface area (Å²) in [5, 5.41) is 3.13. The molecule has 0 saturated carbocycles. The molecular weight excluding hydrogens is 282 g/mol. The Balaban J connectivity index is 1.74. The first-order chi connectivity index (χ1) is 11.0. The first kappa shape index (κ1) is 15.8. The van der Waals surface area contributed by atoms with Gasteiger partial charge in [-0.3, -0.25) is 4.79 Å². The number of fused-ring (bicyclic) bond motifs is 1. The summed E-state index contributed by atoms with van der Waals surface area (Å²) in [7, 11) is 0. The van der Waals surface area contributed by atoms with Crippen molar-refractivity contribution in [3.63, 3.8) is 0 Å². The van der Waals surface area contributed by atoms with E-state index in [0.29, 0.717) is 0 Å². The van der Waals surface area contributed by atoms with Gasteiger partial charge >= 0.3 is 0 Å². The van der Waals surface area contributed by atoms with E-state index in [1.54, 1.807) is 0 Å². The minimum absolute atomic E-state index is 0.00155. The Morgan fingerprint density at radius 2 is 1.70 bits per heavy atom. The SMILES string of the molecule is Cc1ccc(C(=O)NC(C)c2ccc3c(c2)CCCC3)cc1C. The number of hydrogen-bond donors (Lipinski definition) is 1. The van der Waals surface area contributed by atoms with Gasteiger partial charge in [0.15, 0.2) is 0 Å². The van der Waals surface area contributed by atoms with E-state index in [2.05, 4.69) is 37.4 Å². The summed E-state index contributed by atoms with van der Waals surface area (Å²) >= 11 is 0. The Labute approximate surface area is 138 Å². The first-order valence-corrected chi connectivity index (χ1v) is 8.54. The van der Waals surface area contributed by atoms with Crippen LogP contribution in [-0.2, 0) is 12.8 Å². The molecule has 0 heterocycles. The lowest BCUT2D eigenvalue weighted by Crippen LogP contribution is -2.27. The molecule has 0 spiro atoms. The standard InChI is InChI=1S/C21H25NO/c1-14-8-9-20(12-15(14)2)21(23)22-16(3)18-11-10-17-6-4-5-7-19(17)13-18/h8-13,16H,4-7H2,1-3H3,(H,22,23). The molecule has 1 atom stereocenters. The number of carbonyl (C=O) groups excluding carboxylic acids is 1. The number of amides is 1. The molecule has 0 fully saturated rings. The van der Waals surface area contributed by atoms with Crippen LogP contribution in [0.1, 0.15) is 64.0 Å². The van der Waals surface area contributed by atoms with Crippen LogP contribution in [0, 0.1) is 13.8 Å². The van der Waals surface area contributed by atoms with Crippen molar-refractivity contribution in [2.24, 2.45) is 0 Å². The van der Waals surface area contributed by atoms with E-state index in [4.69, 9.17) is 0 Å². The van der Waals surface area contributed by atoms with E-state index in [1.807, 2.05) is 25.1 Å². The summed E-state index contributed by atoms with van der Waals surface area (Å²) in [4.78, 5) is 12.5. The van der Waals surface area contributed by atoms with Crippen molar-refractivity contribution in [1.82, 2.24) is 5.32 Å². The molecule has 2 nitrogen and oxygen atoms in total. The zero-order valence-electron chi connectivity index (χ0n) is 14.3. The lowest BCUT2D eigenvalue weighted by Gasteiger charge is -2.20. The molecule has 0 aromatic heterocycles. The van der Waals surface area contributed by atoms with Crippen LogP contribution < -0.4 is 5.32 Å². The molecule has 2 heteroatoms. The second-order valence-corrected chi connectivity index (χ2v) is 6.73. The summed E-state index contributed by atoms with van der Waals surface area (Å²) in [6, 6.07) is 12.6. The van der Waals surface area contributed by atoms with Crippen molar-refractivity contribution >= 4 is 5.91 Å². The maximum Gasteiger partial charge on any atom is 0.251 e. The van der Waals surface area contributed by atoms with Crippen LogP contribution in [0.5, 0.6) is 0 Å². The van der Waals surface area contributed by atoms with Gasteiger partial charge in [0.25, 0.3) is 5.91 Å². The number of aryl methyl sites for hydroxylation is 4. The molecular formula is C21H25NO. The van der Waals surface area contributed by atoms with Crippen LogP contribution >= 0.6 is 0 Å². The largest absolute Gasteiger partial charge is 0.346 e. The zero-order chi connectivity index (χ0) is 16.4. The summed E-state index contributed by atoms with van der Waals surface area (Å²) in [5.74, 6) is -0.00155. The zero-order valence-corrected chi connectivity index (χ0v) is 14.3. The molecule has 2 aromatic rings. The Kier molecular flexibility index (Phi) is 4.51. The number of carbonyl (C=O) groups is 1. The van der Waals surface area contributed by atoms with Crippen molar-refractivity contribution in [2.75, 3.05) is 0 Å². The van der Waals surface area contributed by atoms with Crippen LogP contribution in [0.15, 0.2) is 36.4 Å². The quantitative estimate of drug-likeness (QED) is 0.877. The summed E-state index contributed by atoms with van der Waals surface area (Å²) in [6.07, 6.45) is 4.94. The van der Waals surface area contributed by atoms with Gasteiger partial charge in [0.2, 0.25) is 0 Å². The molecule has 0 bridgehead atoms. The van der Waals surface area contributed by atoms with Gasteiger partial charge in [-0.1, -0.05) is 24.3 Å².